The highest BCUT2D eigenvalue weighted by Crippen LogP contribution is 2.33. The van der Waals surface area contributed by atoms with Crippen LogP contribution in [0.1, 0.15) is 23.0 Å². The summed E-state index contributed by atoms with van der Waals surface area (Å²) in [7, 11) is 0. The summed E-state index contributed by atoms with van der Waals surface area (Å²) in [6.45, 7) is 1.75. The second-order valence-corrected chi connectivity index (χ2v) is 5.42. The molecule has 0 atom stereocenters. The van der Waals surface area contributed by atoms with Crippen LogP contribution in [0.25, 0.3) is 17.1 Å². The van der Waals surface area contributed by atoms with E-state index in [0.29, 0.717) is 23.5 Å². The van der Waals surface area contributed by atoms with Gasteiger partial charge in [-0.15, -0.1) is 0 Å². The van der Waals surface area contributed by atoms with E-state index in [0.717, 1.165) is 10.7 Å². The summed E-state index contributed by atoms with van der Waals surface area (Å²) in [5.74, 6) is -2.15. The Kier molecular flexibility index (Phi) is 4.93. The van der Waals surface area contributed by atoms with Gasteiger partial charge in [0.25, 0.3) is 0 Å². The lowest BCUT2D eigenvalue weighted by atomic mass is 10.1. The fourth-order valence-electron chi connectivity index (χ4n) is 2.45. The number of pyridine rings is 1. The van der Waals surface area contributed by atoms with E-state index >= 15 is 0 Å². The number of benzene rings is 1. The van der Waals surface area contributed by atoms with Gasteiger partial charge < -0.3 is 4.74 Å². The standard InChI is InChI=1S/C18H13F4N3O2/c1-2-27-17(26)15-10-16(14-5-3-4-8-23-14)25(24-15)11-6-7-12(13(19)9-11)18(20,21)22/h3-10H,2H2,1H3. The summed E-state index contributed by atoms with van der Waals surface area (Å²) in [5.41, 5.74) is -0.739. The van der Waals surface area contributed by atoms with Crippen LogP contribution in [0.4, 0.5) is 17.6 Å². The molecule has 0 aliphatic carbocycles. The van der Waals surface area contributed by atoms with Crippen molar-refractivity contribution in [3.63, 3.8) is 0 Å². The third-order valence-corrected chi connectivity index (χ3v) is 3.62. The first-order valence-corrected chi connectivity index (χ1v) is 7.87. The number of aromatic nitrogens is 3. The third-order valence-electron chi connectivity index (χ3n) is 3.62. The highest BCUT2D eigenvalue weighted by atomic mass is 19.4. The Labute approximate surface area is 151 Å². The predicted molar refractivity (Wildman–Crippen MR) is 87.7 cm³/mol. The molecule has 0 saturated heterocycles. The van der Waals surface area contributed by atoms with Crippen LogP contribution in [0.15, 0.2) is 48.7 Å². The number of esters is 1. The smallest absolute Gasteiger partial charge is 0.419 e. The molecule has 0 saturated carbocycles. The van der Waals surface area contributed by atoms with E-state index in [2.05, 4.69) is 10.1 Å². The summed E-state index contributed by atoms with van der Waals surface area (Å²) in [6.07, 6.45) is -3.31. The van der Waals surface area contributed by atoms with Crippen LogP contribution in [0, 0.1) is 5.82 Å². The number of nitrogens with zero attached hydrogens (tertiary/aromatic N) is 3. The minimum atomic E-state index is -4.81. The Bertz CT molecular complexity index is 968. The summed E-state index contributed by atoms with van der Waals surface area (Å²) < 4.78 is 58.4. The minimum Gasteiger partial charge on any atom is -0.461 e. The van der Waals surface area contributed by atoms with E-state index in [1.54, 1.807) is 25.1 Å². The summed E-state index contributed by atoms with van der Waals surface area (Å²) in [4.78, 5) is 16.1. The third kappa shape index (κ3) is 3.81. The van der Waals surface area contributed by atoms with Crippen LogP contribution in [0.2, 0.25) is 0 Å². The van der Waals surface area contributed by atoms with E-state index in [-0.39, 0.29) is 18.0 Å². The Morgan fingerprint density at radius 1 is 1.19 bits per heavy atom. The summed E-state index contributed by atoms with van der Waals surface area (Å²) in [5, 5.41) is 4.06. The Hall–Kier alpha value is -3.23. The fourth-order valence-corrected chi connectivity index (χ4v) is 2.45. The zero-order valence-electron chi connectivity index (χ0n) is 14.0. The number of hydrogen-bond donors (Lipinski definition) is 0. The molecule has 0 radical (unpaired) electrons. The van der Waals surface area contributed by atoms with E-state index in [1.807, 2.05) is 0 Å². The zero-order chi connectivity index (χ0) is 19.6. The van der Waals surface area contributed by atoms with Crippen LogP contribution in [0.3, 0.4) is 0 Å². The molecule has 9 heteroatoms. The number of halogens is 4. The molecule has 0 unspecified atom stereocenters. The van der Waals surface area contributed by atoms with Crippen molar-refractivity contribution in [1.29, 1.82) is 0 Å². The molecule has 2 aromatic heterocycles. The molecule has 3 aromatic rings. The average Bonchev–Trinajstić information content (AvgIpc) is 3.07. The molecule has 0 spiro atoms. The molecule has 0 bridgehead atoms. The molecule has 2 heterocycles. The number of carbonyl (C=O) groups excluding carboxylic acids is 1. The van der Waals surface area contributed by atoms with Gasteiger partial charge in [-0.05, 0) is 31.2 Å². The van der Waals surface area contributed by atoms with Crippen LogP contribution in [-0.4, -0.2) is 27.3 Å². The zero-order valence-corrected chi connectivity index (χ0v) is 14.0. The van der Waals surface area contributed by atoms with Gasteiger partial charge >= 0.3 is 12.1 Å². The molecule has 0 fully saturated rings. The molecule has 140 valence electrons. The maximum absolute atomic E-state index is 14.0. The average molecular weight is 379 g/mol. The highest BCUT2D eigenvalue weighted by Gasteiger charge is 2.34. The Morgan fingerprint density at radius 2 is 1.96 bits per heavy atom. The van der Waals surface area contributed by atoms with Gasteiger partial charge in [-0.25, -0.2) is 13.9 Å². The number of carbonyl (C=O) groups is 1. The van der Waals surface area contributed by atoms with E-state index < -0.39 is 23.5 Å². The van der Waals surface area contributed by atoms with E-state index in [4.69, 9.17) is 4.74 Å². The van der Waals surface area contributed by atoms with Crippen LogP contribution in [-0.2, 0) is 10.9 Å². The van der Waals surface area contributed by atoms with Gasteiger partial charge in [0.1, 0.15) is 5.82 Å². The highest BCUT2D eigenvalue weighted by molar-refractivity contribution is 5.88. The molecule has 3 rings (SSSR count). The van der Waals surface area contributed by atoms with Gasteiger partial charge in [-0.2, -0.15) is 18.3 Å². The van der Waals surface area contributed by atoms with E-state index in [9.17, 15) is 22.4 Å². The van der Waals surface area contributed by atoms with Gasteiger partial charge in [0.2, 0.25) is 0 Å². The Morgan fingerprint density at radius 3 is 2.56 bits per heavy atom. The van der Waals surface area contributed by atoms with Crippen molar-refractivity contribution in [2.45, 2.75) is 13.1 Å². The topological polar surface area (TPSA) is 57.0 Å². The minimum absolute atomic E-state index is 0.0108. The monoisotopic (exact) mass is 379 g/mol. The second kappa shape index (κ2) is 7.18. The molecular formula is C18H13F4N3O2. The van der Waals surface area contributed by atoms with Crippen molar-refractivity contribution in [3.05, 3.63) is 65.7 Å². The van der Waals surface area contributed by atoms with Crippen molar-refractivity contribution in [1.82, 2.24) is 14.8 Å². The molecule has 5 nitrogen and oxygen atoms in total. The largest absolute Gasteiger partial charge is 0.461 e. The van der Waals surface area contributed by atoms with Crippen LogP contribution < -0.4 is 0 Å². The lowest BCUT2D eigenvalue weighted by Gasteiger charge is -2.11. The van der Waals surface area contributed by atoms with Crippen LogP contribution >= 0.6 is 0 Å². The lowest BCUT2D eigenvalue weighted by molar-refractivity contribution is -0.140. The quantitative estimate of drug-likeness (QED) is 0.502. The van der Waals surface area contributed by atoms with Crippen LogP contribution in [0.5, 0.6) is 0 Å². The second-order valence-electron chi connectivity index (χ2n) is 5.42. The van der Waals surface area contributed by atoms with Gasteiger partial charge in [0.15, 0.2) is 5.69 Å². The normalized spacial score (nSPS) is 11.4. The maximum Gasteiger partial charge on any atom is 0.419 e. The molecule has 0 amide bonds. The van der Waals surface area contributed by atoms with Gasteiger partial charge in [-0.1, -0.05) is 6.07 Å². The van der Waals surface area contributed by atoms with E-state index in [1.165, 1.54) is 12.3 Å². The van der Waals surface area contributed by atoms with Crippen molar-refractivity contribution in [3.8, 4) is 17.1 Å². The number of alkyl halides is 3. The first-order chi connectivity index (χ1) is 12.8. The first kappa shape index (κ1) is 18.6. The predicted octanol–water partition coefficient (Wildman–Crippen LogP) is 4.27. The van der Waals surface area contributed by atoms with Crippen molar-refractivity contribution >= 4 is 5.97 Å². The Balaban J connectivity index is 2.14. The first-order valence-electron chi connectivity index (χ1n) is 7.87. The summed E-state index contributed by atoms with van der Waals surface area (Å²) >= 11 is 0. The van der Waals surface area contributed by atoms with Crippen molar-refractivity contribution in [2.75, 3.05) is 6.61 Å². The number of hydrogen-bond acceptors (Lipinski definition) is 4. The fraction of sp³-hybridized carbons (Fsp3) is 0.167. The van der Waals surface area contributed by atoms with Gasteiger partial charge in [0.05, 0.1) is 29.2 Å². The lowest BCUT2D eigenvalue weighted by Crippen LogP contribution is -2.10. The number of ether oxygens (including phenoxy) is 1. The van der Waals surface area contributed by atoms with Crippen molar-refractivity contribution in [2.24, 2.45) is 0 Å². The van der Waals surface area contributed by atoms with Gasteiger partial charge in [-0.3, -0.25) is 4.98 Å². The molecule has 1 aromatic carbocycles. The number of rotatable bonds is 4. The summed E-state index contributed by atoms with van der Waals surface area (Å²) in [6, 6.07) is 8.78. The van der Waals surface area contributed by atoms with Crippen molar-refractivity contribution < 1.29 is 27.1 Å². The molecule has 0 aliphatic rings. The SMILES string of the molecule is CCOC(=O)c1cc(-c2ccccn2)n(-c2ccc(C(F)(F)F)c(F)c2)n1. The molecule has 0 aliphatic heterocycles. The van der Waals surface area contributed by atoms with Gasteiger partial charge in [0, 0.05) is 18.3 Å². The maximum atomic E-state index is 14.0. The molecule has 0 N–H and O–H groups in total. The molecule has 27 heavy (non-hydrogen) atoms. The molecular weight excluding hydrogens is 366 g/mol.